The average Bonchev–Trinajstić information content (AvgIpc) is 3.20. The second-order valence-corrected chi connectivity index (χ2v) is 7.62. The first-order valence-electron chi connectivity index (χ1n) is 9.08. The number of alkyl halides is 3. The van der Waals surface area contributed by atoms with E-state index in [0.717, 1.165) is 6.07 Å². The Morgan fingerprint density at radius 1 is 1.37 bits per heavy atom. The fourth-order valence-electron chi connectivity index (χ4n) is 2.81. The molecule has 2 rings (SSSR count). The molecule has 1 aromatic heterocycles. The molecule has 0 aliphatic heterocycles. The van der Waals surface area contributed by atoms with Gasteiger partial charge >= 0.3 is 6.18 Å². The van der Waals surface area contributed by atoms with Crippen LogP contribution in [0.2, 0.25) is 0 Å². The Labute approximate surface area is 181 Å². The van der Waals surface area contributed by atoms with E-state index in [4.69, 9.17) is 23.1 Å². The van der Waals surface area contributed by atoms with E-state index in [9.17, 15) is 18.0 Å². The van der Waals surface area contributed by atoms with Crippen LogP contribution in [0, 0.1) is 0 Å². The van der Waals surface area contributed by atoms with Crippen molar-refractivity contribution in [2.75, 3.05) is 13.1 Å². The highest BCUT2D eigenvalue weighted by Crippen LogP contribution is 2.32. The van der Waals surface area contributed by atoms with Gasteiger partial charge in [0.1, 0.15) is 0 Å². The van der Waals surface area contributed by atoms with E-state index in [1.165, 1.54) is 35.7 Å². The molecule has 0 spiro atoms. The summed E-state index contributed by atoms with van der Waals surface area (Å²) in [5.74, 6) is -0.435. The summed E-state index contributed by atoms with van der Waals surface area (Å²) < 4.78 is 39.6. The fraction of sp³-hybridized carbons (Fsp3) is 0.300. The van der Waals surface area contributed by atoms with E-state index in [2.05, 4.69) is 10.3 Å². The molecule has 5 N–H and O–H groups in total. The number of hydrogen-bond acceptors (Lipinski definition) is 5. The van der Waals surface area contributed by atoms with Gasteiger partial charge in [-0.15, -0.1) is 11.3 Å². The number of allylic oxidation sites excluding steroid dienone is 1. The van der Waals surface area contributed by atoms with Crippen molar-refractivity contribution in [1.82, 2.24) is 5.32 Å². The minimum atomic E-state index is -4.48. The van der Waals surface area contributed by atoms with Crippen LogP contribution in [0.3, 0.4) is 0 Å². The zero-order valence-electron chi connectivity index (χ0n) is 16.2. The number of nitrogens with zero attached hydrogens (tertiary/aromatic N) is 1. The van der Waals surface area contributed by atoms with E-state index < -0.39 is 23.7 Å². The number of halogens is 4. The summed E-state index contributed by atoms with van der Waals surface area (Å²) in [5.41, 5.74) is 11.6. The molecule has 0 radical (unpaired) electrons. The topological polar surface area (TPSA) is 93.5 Å². The fourth-order valence-corrected chi connectivity index (χ4v) is 3.77. The highest BCUT2D eigenvalue weighted by Gasteiger charge is 2.33. The first kappa shape index (κ1) is 23.9. The van der Waals surface area contributed by atoms with E-state index in [1.807, 2.05) is 6.92 Å². The number of nitrogens with two attached hydrogens (primary N) is 2. The lowest BCUT2D eigenvalue weighted by Gasteiger charge is -2.19. The van der Waals surface area contributed by atoms with Crippen molar-refractivity contribution in [2.24, 2.45) is 16.5 Å². The number of hydrogen-bond donors (Lipinski definition) is 3. The zero-order chi connectivity index (χ0) is 22.3. The first-order chi connectivity index (χ1) is 14.2. The number of amides is 1. The Hall–Kier alpha value is -2.36. The summed E-state index contributed by atoms with van der Waals surface area (Å²) >= 11 is 7.25. The third-order valence-electron chi connectivity index (χ3n) is 4.19. The van der Waals surface area contributed by atoms with Crippen molar-refractivity contribution in [3.8, 4) is 0 Å². The second-order valence-electron chi connectivity index (χ2n) is 6.30. The Morgan fingerprint density at radius 3 is 2.67 bits per heavy atom. The molecule has 30 heavy (non-hydrogen) atoms. The van der Waals surface area contributed by atoms with Crippen LogP contribution in [0.4, 0.5) is 13.2 Å². The molecular formula is C20H22ClF3N4OS. The Bertz CT molecular complexity index is 940. The van der Waals surface area contributed by atoms with Crippen molar-refractivity contribution < 1.29 is 18.0 Å². The minimum Gasteiger partial charge on any atom is -0.403 e. The van der Waals surface area contributed by atoms with Crippen molar-refractivity contribution in [3.05, 3.63) is 68.5 Å². The first-order valence-corrected chi connectivity index (χ1v) is 10.3. The van der Waals surface area contributed by atoms with Gasteiger partial charge in [-0.05, 0) is 31.0 Å². The van der Waals surface area contributed by atoms with Gasteiger partial charge in [0.05, 0.1) is 21.2 Å². The minimum absolute atomic E-state index is 0.0134. The maximum Gasteiger partial charge on any atom is 0.416 e. The predicted molar refractivity (Wildman–Crippen MR) is 115 cm³/mol. The van der Waals surface area contributed by atoms with Gasteiger partial charge < -0.3 is 16.8 Å². The van der Waals surface area contributed by atoms with Gasteiger partial charge in [0, 0.05) is 36.3 Å². The van der Waals surface area contributed by atoms with E-state index >= 15 is 0 Å². The third-order valence-corrected chi connectivity index (χ3v) is 5.43. The van der Waals surface area contributed by atoms with E-state index in [0.29, 0.717) is 22.7 Å². The number of carbonyl (C=O) groups excluding carboxylic acids is 1. The van der Waals surface area contributed by atoms with Crippen molar-refractivity contribution in [1.29, 1.82) is 0 Å². The van der Waals surface area contributed by atoms with Gasteiger partial charge in [-0.1, -0.05) is 29.8 Å². The molecule has 2 aromatic rings. The van der Waals surface area contributed by atoms with Crippen molar-refractivity contribution in [2.45, 2.75) is 25.6 Å². The third kappa shape index (κ3) is 6.07. The molecule has 0 fully saturated rings. The lowest BCUT2D eigenvalue weighted by Crippen LogP contribution is -2.41. The van der Waals surface area contributed by atoms with Crippen molar-refractivity contribution in [3.63, 3.8) is 0 Å². The maximum atomic E-state index is 13.2. The number of aliphatic imine (C=N–C) groups is 1. The zero-order valence-corrected chi connectivity index (χ0v) is 17.7. The van der Waals surface area contributed by atoms with Crippen LogP contribution < -0.4 is 16.8 Å². The number of thiophene rings is 1. The van der Waals surface area contributed by atoms with Gasteiger partial charge in [-0.25, -0.2) is 0 Å². The summed E-state index contributed by atoms with van der Waals surface area (Å²) in [4.78, 5) is 17.3. The molecule has 1 heterocycles. The van der Waals surface area contributed by atoms with Gasteiger partial charge in [-0.2, -0.15) is 13.2 Å². The molecule has 0 unspecified atom stereocenters. The van der Waals surface area contributed by atoms with Gasteiger partial charge in [0.15, 0.2) is 0 Å². The summed E-state index contributed by atoms with van der Waals surface area (Å²) in [7, 11) is 0. The van der Waals surface area contributed by atoms with Crippen LogP contribution in [-0.2, 0) is 12.6 Å². The van der Waals surface area contributed by atoms with Crippen LogP contribution in [0.25, 0.3) is 0 Å². The number of carbonyl (C=O) groups is 1. The Balaban J connectivity index is 2.18. The molecule has 1 atom stereocenters. The molecule has 0 saturated heterocycles. The van der Waals surface area contributed by atoms with Crippen LogP contribution in [-0.4, -0.2) is 30.8 Å². The summed E-state index contributed by atoms with van der Waals surface area (Å²) in [5, 5.41) is 4.67. The maximum absolute atomic E-state index is 13.2. The quantitative estimate of drug-likeness (QED) is 0.523. The SMILES string of the molecule is CCN=C(C(Cl)=CN)c1csc(C(=O)N[C@H](CN)Cc2ccccc2C(F)(F)F)c1. The Kier molecular flexibility index (Phi) is 8.45. The lowest BCUT2D eigenvalue weighted by molar-refractivity contribution is -0.138. The highest BCUT2D eigenvalue weighted by atomic mass is 35.5. The number of nitrogens with one attached hydrogen (secondary N) is 1. The molecule has 162 valence electrons. The second kappa shape index (κ2) is 10.6. The molecular weight excluding hydrogens is 437 g/mol. The van der Waals surface area contributed by atoms with Gasteiger partial charge in [0.2, 0.25) is 0 Å². The smallest absolute Gasteiger partial charge is 0.403 e. The molecule has 0 saturated carbocycles. The van der Waals surface area contributed by atoms with Gasteiger partial charge in [0.25, 0.3) is 5.91 Å². The van der Waals surface area contributed by atoms with Crippen LogP contribution >= 0.6 is 22.9 Å². The molecule has 0 aliphatic carbocycles. The van der Waals surface area contributed by atoms with Crippen LogP contribution in [0.5, 0.6) is 0 Å². The van der Waals surface area contributed by atoms with Gasteiger partial charge in [-0.3, -0.25) is 9.79 Å². The molecule has 1 amide bonds. The standard InChI is InChI=1S/C20H22ClF3N4OS/c1-2-27-18(16(21)10-26)13-8-17(30-11-13)19(29)28-14(9-25)7-12-5-3-4-6-15(12)20(22,23)24/h3-6,8,10-11,14H,2,7,9,25-26H2,1H3,(H,28,29)/t14-/m0/s1. The molecule has 5 nitrogen and oxygen atoms in total. The predicted octanol–water partition coefficient (Wildman–Crippen LogP) is 3.91. The van der Waals surface area contributed by atoms with Crippen molar-refractivity contribution >= 4 is 34.6 Å². The molecule has 0 bridgehead atoms. The molecule has 10 heteroatoms. The van der Waals surface area contributed by atoms with Crippen LogP contribution in [0.15, 0.2) is 51.9 Å². The summed E-state index contributed by atoms with van der Waals surface area (Å²) in [6, 6.07) is 6.19. The summed E-state index contributed by atoms with van der Waals surface area (Å²) in [6.45, 7) is 2.30. The molecule has 0 aliphatic rings. The van der Waals surface area contributed by atoms with E-state index in [1.54, 1.807) is 11.4 Å². The largest absolute Gasteiger partial charge is 0.416 e. The van der Waals surface area contributed by atoms with E-state index in [-0.39, 0.29) is 23.6 Å². The summed E-state index contributed by atoms with van der Waals surface area (Å²) in [6.07, 6.45) is -3.30. The Morgan fingerprint density at radius 2 is 2.07 bits per heavy atom. The monoisotopic (exact) mass is 458 g/mol. The highest BCUT2D eigenvalue weighted by molar-refractivity contribution is 7.12. The molecule has 1 aromatic carbocycles. The van der Waals surface area contributed by atoms with Crippen LogP contribution in [0.1, 0.15) is 33.3 Å². The number of benzene rings is 1. The normalized spacial score (nSPS) is 13.9. The number of rotatable bonds is 8. The lowest BCUT2D eigenvalue weighted by atomic mass is 9.99. The average molecular weight is 459 g/mol.